The molecule has 0 radical (unpaired) electrons. The summed E-state index contributed by atoms with van der Waals surface area (Å²) in [7, 11) is -3.09. The van der Waals surface area contributed by atoms with E-state index >= 15 is 0 Å². The van der Waals surface area contributed by atoms with Crippen molar-refractivity contribution < 1.29 is 27.5 Å². The lowest BCUT2D eigenvalue weighted by atomic mass is 9.86. The van der Waals surface area contributed by atoms with E-state index in [9.17, 15) is 18.0 Å². The van der Waals surface area contributed by atoms with Crippen molar-refractivity contribution in [3.8, 4) is 5.75 Å². The van der Waals surface area contributed by atoms with Gasteiger partial charge in [-0.05, 0) is 30.4 Å². The maximum Gasteiger partial charge on any atom is 0.344 e. The van der Waals surface area contributed by atoms with Gasteiger partial charge >= 0.3 is 5.97 Å². The number of ether oxygens (including phenoxy) is 2. The molecular formula is C19H27NO6S. The van der Waals surface area contributed by atoms with Crippen LogP contribution in [0.2, 0.25) is 0 Å². The van der Waals surface area contributed by atoms with E-state index in [1.165, 1.54) is 6.92 Å². The highest BCUT2D eigenvalue weighted by molar-refractivity contribution is 7.91. The van der Waals surface area contributed by atoms with E-state index in [1.54, 1.807) is 6.07 Å². The van der Waals surface area contributed by atoms with Gasteiger partial charge in [-0.2, -0.15) is 0 Å². The molecule has 1 heterocycles. The molecule has 2 atom stereocenters. The third kappa shape index (κ3) is 6.23. The number of nitrogens with one attached hydrogen (secondary N) is 1. The minimum Gasteiger partial charge on any atom is -0.482 e. The molecule has 1 amide bonds. The topological polar surface area (TPSA) is 98.8 Å². The van der Waals surface area contributed by atoms with Gasteiger partial charge in [-0.15, -0.1) is 0 Å². The summed E-state index contributed by atoms with van der Waals surface area (Å²) in [5, 5.41) is 2.61. The van der Waals surface area contributed by atoms with E-state index in [-0.39, 0.29) is 23.5 Å². The van der Waals surface area contributed by atoms with Gasteiger partial charge in [0.25, 0.3) is 5.91 Å². The van der Waals surface area contributed by atoms with Crippen LogP contribution in [-0.2, 0) is 29.6 Å². The molecule has 1 fully saturated rings. The first-order valence-corrected chi connectivity index (χ1v) is 10.7. The molecule has 150 valence electrons. The van der Waals surface area contributed by atoms with Crippen molar-refractivity contribution in [2.75, 3.05) is 18.1 Å². The van der Waals surface area contributed by atoms with Crippen molar-refractivity contribution >= 4 is 21.7 Å². The number of rotatable bonds is 6. The molecule has 8 heteroatoms. The Bertz CT molecular complexity index is 797. The molecule has 0 aliphatic carbocycles. The second-order valence-corrected chi connectivity index (χ2v) is 10.0. The number of carbonyl (C=O) groups is 2. The summed E-state index contributed by atoms with van der Waals surface area (Å²) in [4.78, 5) is 24.1. The Hall–Kier alpha value is -2.09. The number of amides is 1. The maximum atomic E-state index is 12.1. The Labute approximate surface area is 160 Å². The Morgan fingerprint density at radius 3 is 2.52 bits per heavy atom. The van der Waals surface area contributed by atoms with Crippen LogP contribution >= 0.6 is 0 Å². The SMILES string of the molecule is C[C@@H](OC(=O)COc1ccccc1C(C)(C)C)C(=O)N[C@H]1CCS(=O)(=O)C1. The highest BCUT2D eigenvalue weighted by Gasteiger charge is 2.30. The molecule has 0 aromatic heterocycles. The molecule has 1 aromatic rings. The molecule has 7 nitrogen and oxygen atoms in total. The maximum absolute atomic E-state index is 12.1. The lowest BCUT2D eigenvalue weighted by Gasteiger charge is -2.22. The van der Waals surface area contributed by atoms with Gasteiger partial charge in [0.1, 0.15) is 5.75 Å². The van der Waals surface area contributed by atoms with E-state index < -0.39 is 33.9 Å². The second-order valence-electron chi connectivity index (χ2n) is 7.78. The molecule has 27 heavy (non-hydrogen) atoms. The van der Waals surface area contributed by atoms with Crippen LogP contribution in [0, 0.1) is 0 Å². The van der Waals surface area contributed by atoms with Crippen molar-refractivity contribution in [2.45, 2.75) is 51.7 Å². The van der Waals surface area contributed by atoms with E-state index in [0.29, 0.717) is 12.2 Å². The van der Waals surface area contributed by atoms with Gasteiger partial charge in [0.15, 0.2) is 22.5 Å². The smallest absolute Gasteiger partial charge is 0.344 e. The van der Waals surface area contributed by atoms with Crippen molar-refractivity contribution in [3.05, 3.63) is 29.8 Å². The van der Waals surface area contributed by atoms with E-state index in [0.717, 1.165) is 5.56 Å². The van der Waals surface area contributed by atoms with Crippen LogP contribution in [0.15, 0.2) is 24.3 Å². The molecular weight excluding hydrogens is 370 g/mol. The van der Waals surface area contributed by atoms with Crippen LogP contribution in [0.3, 0.4) is 0 Å². The zero-order chi connectivity index (χ0) is 20.2. The first kappa shape index (κ1) is 21.2. The molecule has 0 unspecified atom stereocenters. The van der Waals surface area contributed by atoms with Crippen LogP contribution in [-0.4, -0.2) is 50.6 Å². The highest BCUT2D eigenvalue weighted by atomic mass is 32.2. The summed E-state index contributed by atoms with van der Waals surface area (Å²) in [5.41, 5.74) is 0.820. The van der Waals surface area contributed by atoms with Crippen LogP contribution < -0.4 is 10.1 Å². The van der Waals surface area contributed by atoms with Crippen LogP contribution in [0.1, 0.15) is 39.7 Å². The predicted molar refractivity (Wildman–Crippen MR) is 101 cm³/mol. The quantitative estimate of drug-likeness (QED) is 0.732. The predicted octanol–water partition coefficient (Wildman–Crippen LogP) is 1.60. The monoisotopic (exact) mass is 397 g/mol. The summed E-state index contributed by atoms with van der Waals surface area (Å²) >= 11 is 0. The van der Waals surface area contributed by atoms with E-state index in [1.807, 2.05) is 39.0 Å². The van der Waals surface area contributed by atoms with E-state index in [2.05, 4.69) is 5.32 Å². The van der Waals surface area contributed by atoms with Crippen LogP contribution in [0.25, 0.3) is 0 Å². The fraction of sp³-hybridized carbons (Fsp3) is 0.579. The van der Waals surface area contributed by atoms with Crippen LogP contribution in [0.5, 0.6) is 5.75 Å². The number of carbonyl (C=O) groups excluding carboxylic acids is 2. The summed E-state index contributed by atoms with van der Waals surface area (Å²) < 4.78 is 33.5. The number of sulfone groups is 1. The van der Waals surface area contributed by atoms with Crippen LogP contribution in [0.4, 0.5) is 0 Å². The summed E-state index contributed by atoms with van der Waals surface area (Å²) in [6.07, 6.45) is -0.649. The first-order chi connectivity index (χ1) is 12.5. The Balaban J connectivity index is 1.84. The number of esters is 1. The number of hydrogen-bond donors (Lipinski definition) is 1. The second kappa shape index (κ2) is 8.29. The fourth-order valence-corrected chi connectivity index (χ4v) is 4.53. The third-order valence-electron chi connectivity index (χ3n) is 4.30. The standard InChI is InChI=1S/C19H27NO6S/c1-13(18(22)20-14-9-10-27(23,24)12-14)26-17(21)11-25-16-8-6-5-7-15(16)19(2,3)4/h5-8,13-14H,9-12H2,1-4H3,(H,20,22)/t13-,14+/m1/s1. The molecule has 0 saturated carbocycles. The van der Waals surface area contributed by atoms with Gasteiger partial charge < -0.3 is 14.8 Å². The minimum atomic E-state index is -3.09. The number of hydrogen-bond acceptors (Lipinski definition) is 6. The Morgan fingerprint density at radius 2 is 1.93 bits per heavy atom. The third-order valence-corrected chi connectivity index (χ3v) is 6.06. The fourth-order valence-electron chi connectivity index (χ4n) is 2.86. The Morgan fingerprint density at radius 1 is 1.26 bits per heavy atom. The lowest BCUT2D eigenvalue weighted by molar-refractivity contribution is -0.156. The molecule has 0 spiro atoms. The zero-order valence-corrected chi connectivity index (χ0v) is 17.0. The van der Waals surface area contributed by atoms with Gasteiger partial charge in [0.05, 0.1) is 11.5 Å². The first-order valence-electron chi connectivity index (χ1n) is 8.90. The average Bonchev–Trinajstić information content (AvgIpc) is 2.90. The van der Waals surface area contributed by atoms with Crippen molar-refractivity contribution in [3.63, 3.8) is 0 Å². The largest absolute Gasteiger partial charge is 0.482 e. The molecule has 1 N–H and O–H groups in total. The summed E-state index contributed by atoms with van der Waals surface area (Å²) in [5.74, 6) is -0.602. The number of benzene rings is 1. The van der Waals surface area contributed by atoms with Gasteiger partial charge in [-0.3, -0.25) is 4.79 Å². The summed E-state index contributed by atoms with van der Waals surface area (Å²) in [6, 6.07) is 7.01. The molecule has 1 saturated heterocycles. The molecule has 2 rings (SSSR count). The van der Waals surface area contributed by atoms with Gasteiger partial charge in [-0.25, -0.2) is 13.2 Å². The average molecular weight is 397 g/mol. The van der Waals surface area contributed by atoms with Crippen molar-refractivity contribution in [1.82, 2.24) is 5.32 Å². The molecule has 1 aliphatic heterocycles. The normalized spacial score (nSPS) is 19.9. The number of para-hydroxylation sites is 1. The minimum absolute atomic E-state index is 0.0626. The molecule has 1 aromatic carbocycles. The van der Waals surface area contributed by atoms with E-state index in [4.69, 9.17) is 9.47 Å². The van der Waals surface area contributed by atoms with Gasteiger partial charge in [-0.1, -0.05) is 39.0 Å². The van der Waals surface area contributed by atoms with Crippen molar-refractivity contribution in [2.24, 2.45) is 0 Å². The molecule has 1 aliphatic rings. The zero-order valence-electron chi connectivity index (χ0n) is 16.2. The van der Waals surface area contributed by atoms with Gasteiger partial charge in [0, 0.05) is 6.04 Å². The molecule has 0 bridgehead atoms. The highest BCUT2D eigenvalue weighted by Crippen LogP contribution is 2.30. The lowest BCUT2D eigenvalue weighted by Crippen LogP contribution is -2.43. The summed E-state index contributed by atoms with van der Waals surface area (Å²) in [6.45, 7) is 7.26. The van der Waals surface area contributed by atoms with Crippen molar-refractivity contribution in [1.29, 1.82) is 0 Å². The Kier molecular flexibility index (Phi) is 6.51. The van der Waals surface area contributed by atoms with Gasteiger partial charge in [0.2, 0.25) is 0 Å².